The van der Waals surface area contributed by atoms with Crippen molar-refractivity contribution in [2.75, 3.05) is 13.1 Å². The number of hydrogen-bond acceptors (Lipinski definition) is 2. The molecule has 2 aliphatic rings. The molecule has 3 rings (SSSR count). The summed E-state index contributed by atoms with van der Waals surface area (Å²) in [5, 5.41) is 3.20. The van der Waals surface area contributed by atoms with Gasteiger partial charge in [0, 0.05) is 25.0 Å². The third kappa shape index (κ3) is 4.37. The average molecular weight is 328 g/mol. The summed E-state index contributed by atoms with van der Waals surface area (Å²) in [6, 6.07) is 8.39. The summed E-state index contributed by atoms with van der Waals surface area (Å²) in [5.74, 6) is 0.655. The minimum Gasteiger partial charge on any atom is -0.353 e. The van der Waals surface area contributed by atoms with Gasteiger partial charge in [-0.15, -0.1) is 0 Å². The van der Waals surface area contributed by atoms with Gasteiger partial charge < -0.3 is 10.2 Å². The van der Waals surface area contributed by atoms with Crippen molar-refractivity contribution in [3.63, 3.8) is 0 Å². The van der Waals surface area contributed by atoms with Gasteiger partial charge in [0.25, 0.3) is 0 Å². The van der Waals surface area contributed by atoms with E-state index in [1.54, 1.807) is 0 Å². The largest absolute Gasteiger partial charge is 0.353 e. The topological polar surface area (TPSA) is 49.4 Å². The lowest BCUT2D eigenvalue weighted by atomic mass is 10.0. The van der Waals surface area contributed by atoms with E-state index in [1.807, 2.05) is 29.2 Å². The molecule has 1 heterocycles. The molecule has 24 heavy (non-hydrogen) atoms. The number of aryl methyl sites for hydroxylation is 1. The number of nitrogens with one attached hydrogen (secondary N) is 1. The predicted molar refractivity (Wildman–Crippen MR) is 94.6 cm³/mol. The van der Waals surface area contributed by atoms with Crippen molar-refractivity contribution in [1.29, 1.82) is 0 Å². The molecule has 0 spiro atoms. The van der Waals surface area contributed by atoms with Crippen molar-refractivity contribution in [1.82, 2.24) is 10.2 Å². The lowest BCUT2D eigenvalue weighted by molar-refractivity contribution is -0.131. The van der Waals surface area contributed by atoms with E-state index < -0.39 is 0 Å². The van der Waals surface area contributed by atoms with Gasteiger partial charge in [-0.2, -0.15) is 0 Å². The Balaban J connectivity index is 1.43. The Bertz CT molecular complexity index is 568. The van der Waals surface area contributed by atoms with E-state index in [9.17, 15) is 9.59 Å². The van der Waals surface area contributed by atoms with Crippen LogP contribution in [0.4, 0.5) is 0 Å². The van der Waals surface area contributed by atoms with Gasteiger partial charge in [0.15, 0.2) is 0 Å². The van der Waals surface area contributed by atoms with Crippen LogP contribution in [0, 0.1) is 12.8 Å². The number of carbonyl (C=O) groups is 2. The van der Waals surface area contributed by atoms with Gasteiger partial charge in [0.2, 0.25) is 11.8 Å². The molecule has 2 amide bonds. The molecule has 1 aliphatic heterocycles. The number of likely N-dealkylation sites (tertiary alicyclic amines) is 1. The highest BCUT2D eigenvalue weighted by Gasteiger charge is 2.27. The Kier molecular flexibility index (Phi) is 5.54. The molecule has 1 saturated heterocycles. The van der Waals surface area contributed by atoms with E-state index in [0.29, 0.717) is 6.42 Å². The minimum atomic E-state index is 0.194. The maximum absolute atomic E-state index is 12.4. The zero-order chi connectivity index (χ0) is 16.9. The van der Waals surface area contributed by atoms with E-state index in [0.717, 1.165) is 44.3 Å². The Morgan fingerprint density at radius 2 is 1.67 bits per heavy atom. The Labute approximate surface area is 144 Å². The average Bonchev–Trinajstić information content (AvgIpc) is 3.12. The van der Waals surface area contributed by atoms with Crippen molar-refractivity contribution in [3.05, 3.63) is 35.4 Å². The van der Waals surface area contributed by atoms with Crippen molar-refractivity contribution in [2.45, 2.75) is 57.9 Å². The first-order chi connectivity index (χ1) is 11.6. The highest BCUT2D eigenvalue weighted by Crippen LogP contribution is 2.25. The van der Waals surface area contributed by atoms with Crippen LogP contribution in [-0.4, -0.2) is 35.8 Å². The first kappa shape index (κ1) is 17.0. The number of amides is 2. The molecule has 1 aromatic rings. The van der Waals surface area contributed by atoms with Crippen LogP contribution in [0.15, 0.2) is 24.3 Å². The summed E-state index contributed by atoms with van der Waals surface area (Å²) in [6.07, 6.45) is 6.67. The second kappa shape index (κ2) is 7.82. The quantitative estimate of drug-likeness (QED) is 0.924. The molecule has 0 unspecified atom stereocenters. The van der Waals surface area contributed by atoms with E-state index >= 15 is 0 Å². The fraction of sp³-hybridized carbons (Fsp3) is 0.600. The lowest BCUT2D eigenvalue weighted by Crippen LogP contribution is -2.48. The number of rotatable bonds is 4. The van der Waals surface area contributed by atoms with Gasteiger partial charge in [0.1, 0.15) is 0 Å². The molecule has 4 nitrogen and oxygen atoms in total. The van der Waals surface area contributed by atoms with Crippen LogP contribution in [0.25, 0.3) is 0 Å². The number of piperidine rings is 1. The first-order valence-electron chi connectivity index (χ1n) is 9.25. The molecule has 1 aromatic carbocycles. The van der Waals surface area contributed by atoms with Crippen LogP contribution in [0.3, 0.4) is 0 Å². The molecule has 4 heteroatoms. The summed E-state index contributed by atoms with van der Waals surface area (Å²) in [4.78, 5) is 26.6. The van der Waals surface area contributed by atoms with Crippen molar-refractivity contribution in [2.24, 2.45) is 5.92 Å². The lowest BCUT2D eigenvalue weighted by Gasteiger charge is -2.33. The van der Waals surface area contributed by atoms with E-state index in [2.05, 4.69) is 12.2 Å². The zero-order valence-corrected chi connectivity index (χ0v) is 14.6. The molecular weight excluding hydrogens is 300 g/mol. The van der Waals surface area contributed by atoms with Crippen LogP contribution < -0.4 is 5.32 Å². The summed E-state index contributed by atoms with van der Waals surface area (Å²) >= 11 is 0. The maximum atomic E-state index is 12.4. The van der Waals surface area contributed by atoms with Gasteiger partial charge in [-0.25, -0.2) is 0 Å². The number of benzene rings is 1. The smallest absolute Gasteiger partial charge is 0.226 e. The summed E-state index contributed by atoms with van der Waals surface area (Å²) in [5.41, 5.74) is 2.28. The van der Waals surface area contributed by atoms with Crippen LogP contribution in [0.1, 0.15) is 49.7 Å². The second-order valence-corrected chi connectivity index (χ2v) is 7.31. The van der Waals surface area contributed by atoms with Crippen molar-refractivity contribution >= 4 is 11.8 Å². The third-order valence-electron chi connectivity index (χ3n) is 5.40. The fourth-order valence-electron chi connectivity index (χ4n) is 3.77. The van der Waals surface area contributed by atoms with Crippen LogP contribution in [0.2, 0.25) is 0 Å². The third-order valence-corrected chi connectivity index (χ3v) is 5.40. The molecule has 0 atom stereocenters. The van der Waals surface area contributed by atoms with E-state index in [1.165, 1.54) is 18.4 Å². The molecular formula is C20H28N2O2. The van der Waals surface area contributed by atoms with Crippen LogP contribution in [0.5, 0.6) is 0 Å². The van der Waals surface area contributed by atoms with E-state index in [-0.39, 0.29) is 23.8 Å². The van der Waals surface area contributed by atoms with Crippen molar-refractivity contribution < 1.29 is 9.59 Å². The van der Waals surface area contributed by atoms with Crippen LogP contribution >= 0.6 is 0 Å². The number of hydrogen-bond donors (Lipinski definition) is 1. The highest BCUT2D eigenvalue weighted by atomic mass is 16.2. The molecule has 0 bridgehead atoms. The Morgan fingerprint density at radius 3 is 2.29 bits per heavy atom. The summed E-state index contributed by atoms with van der Waals surface area (Å²) in [6.45, 7) is 3.55. The molecule has 0 radical (unpaired) electrons. The monoisotopic (exact) mass is 328 g/mol. The highest BCUT2D eigenvalue weighted by molar-refractivity contribution is 5.80. The predicted octanol–water partition coefficient (Wildman–Crippen LogP) is 2.83. The number of nitrogens with zero attached hydrogens (tertiary/aromatic N) is 1. The molecule has 0 aromatic heterocycles. The first-order valence-corrected chi connectivity index (χ1v) is 9.25. The molecule has 2 fully saturated rings. The molecule has 1 N–H and O–H groups in total. The van der Waals surface area contributed by atoms with Crippen molar-refractivity contribution in [3.8, 4) is 0 Å². The fourth-order valence-corrected chi connectivity index (χ4v) is 3.77. The Morgan fingerprint density at radius 1 is 1.04 bits per heavy atom. The normalized spacial score (nSPS) is 19.5. The molecule has 130 valence electrons. The summed E-state index contributed by atoms with van der Waals surface area (Å²) in [7, 11) is 0. The maximum Gasteiger partial charge on any atom is 0.226 e. The number of carbonyl (C=O) groups excluding carboxylic acids is 2. The summed E-state index contributed by atoms with van der Waals surface area (Å²) < 4.78 is 0. The SMILES string of the molecule is Cc1ccc(CC(=O)N2CCC(NC(=O)C3CCCC3)CC2)cc1. The van der Waals surface area contributed by atoms with Gasteiger partial charge in [0.05, 0.1) is 6.42 Å². The van der Waals surface area contributed by atoms with Gasteiger partial charge in [-0.1, -0.05) is 42.7 Å². The standard InChI is InChI=1S/C20H28N2O2/c1-15-6-8-16(9-7-15)14-19(23)22-12-10-18(11-13-22)21-20(24)17-4-2-3-5-17/h6-9,17-18H,2-5,10-14H2,1H3,(H,21,24). The van der Waals surface area contributed by atoms with Gasteiger partial charge >= 0.3 is 0 Å². The second-order valence-electron chi connectivity index (χ2n) is 7.31. The molecule has 1 saturated carbocycles. The minimum absolute atomic E-state index is 0.194. The Hall–Kier alpha value is -1.84. The molecule has 1 aliphatic carbocycles. The van der Waals surface area contributed by atoms with Gasteiger partial charge in [-0.05, 0) is 38.2 Å². The van der Waals surface area contributed by atoms with Crippen LogP contribution in [-0.2, 0) is 16.0 Å². The zero-order valence-electron chi connectivity index (χ0n) is 14.6. The van der Waals surface area contributed by atoms with E-state index in [4.69, 9.17) is 0 Å². The van der Waals surface area contributed by atoms with Gasteiger partial charge in [-0.3, -0.25) is 9.59 Å².